The Kier molecular flexibility index (Phi) is 6.03. The van der Waals surface area contributed by atoms with Crippen molar-refractivity contribution in [3.8, 4) is 5.75 Å². The van der Waals surface area contributed by atoms with Crippen LogP contribution in [0.2, 0.25) is 0 Å². The van der Waals surface area contributed by atoms with E-state index in [0.29, 0.717) is 25.0 Å². The van der Waals surface area contributed by atoms with Crippen LogP contribution in [0.1, 0.15) is 62.4 Å². The minimum absolute atomic E-state index is 0.0488. The Hall–Kier alpha value is -2.82. The van der Waals surface area contributed by atoms with Crippen molar-refractivity contribution in [2.75, 3.05) is 0 Å². The first-order chi connectivity index (χ1) is 14.8. The molecule has 164 valence electrons. The van der Waals surface area contributed by atoms with E-state index in [1.807, 2.05) is 80.3 Å². The first-order valence-electron chi connectivity index (χ1n) is 11.1. The molecule has 2 bridgehead atoms. The van der Waals surface area contributed by atoms with Crippen molar-refractivity contribution in [3.05, 3.63) is 65.7 Å². The summed E-state index contributed by atoms with van der Waals surface area (Å²) >= 11 is 0. The van der Waals surface area contributed by atoms with E-state index >= 15 is 0 Å². The molecule has 2 heterocycles. The van der Waals surface area contributed by atoms with E-state index in [2.05, 4.69) is 0 Å². The molecule has 4 rings (SSSR count). The summed E-state index contributed by atoms with van der Waals surface area (Å²) in [6.45, 7) is 6.16. The molecule has 2 fully saturated rings. The molecule has 5 heteroatoms. The number of hydrogen-bond donors (Lipinski definition) is 0. The predicted molar refractivity (Wildman–Crippen MR) is 119 cm³/mol. The first-order valence-corrected chi connectivity index (χ1v) is 11.1. The van der Waals surface area contributed by atoms with Gasteiger partial charge in [-0.3, -0.25) is 4.79 Å². The van der Waals surface area contributed by atoms with Crippen LogP contribution in [-0.2, 0) is 11.3 Å². The van der Waals surface area contributed by atoms with Crippen molar-refractivity contribution in [1.29, 1.82) is 0 Å². The van der Waals surface area contributed by atoms with Gasteiger partial charge in [-0.2, -0.15) is 0 Å². The highest BCUT2D eigenvalue weighted by molar-refractivity contribution is 5.98. The smallest absolute Gasteiger partial charge is 0.410 e. The molecule has 0 saturated carbocycles. The van der Waals surface area contributed by atoms with Crippen LogP contribution in [0, 0.1) is 5.92 Å². The van der Waals surface area contributed by atoms with E-state index in [1.54, 1.807) is 0 Å². The summed E-state index contributed by atoms with van der Waals surface area (Å²) in [4.78, 5) is 27.7. The molecule has 2 saturated heterocycles. The first kappa shape index (κ1) is 21.4. The Morgan fingerprint density at radius 1 is 0.935 bits per heavy atom. The van der Waals surface area contributed by atoms with Crippen molar-refractivity contribution in [2.45, 2.75) is 70.7 Å². The number of rotatable bonds is 5. The largest absolute Gasteiger partial charge is 0.489 e. The molecule has 0 aromatic heterocycles. The molecule has 1 amide bonds. The van der Waals surface area contributed by atoms with Gasteiger partial charge in [0.15, 0.2) is 5.78 Å². The van der Waals surface area contributed by atoms with Gasteiger partial charge in [-0.15, -0.1) is 0 Å². The van der Waals surface area contributed by atoms with Gasteiger partial charge in [0.05, 0.1) is 0 Å². The highest BCUT2D eigenvalue weighted by Crippen LogP contribution is 2.40. The molecule has 31 heavy (non-hydrogen) atoms. The summed E-state index contributed by atoms with van der Waals surface area (Å²) in [6, 6.07) is 17.6. The van der Waals surface area contributed by atoms with E-state index in [0.717, 1.165) is 24.2 Å². The summed E-state index contributed by atoms with van der Waals surface area (Å²) in [6.07, 6.45) is 3.06. The standard InChI is InChI=1S/C26H31NO4/c1-26(2,3)31-25(29)27-21-11-12-22(27)16-20(15-21)24(28)19-9-13-23(14-10-19)30-17-18-7-5-4-6-8-18/h4-10,13-14,20-22H,11-12,15-17H2,1-3H3. The lowest BCUT2D eigenvalue weighted by Gasteiger charge is -2.39. The molecule has 2 aliphatic heterocycles. The summed E-state index contributed by atoms with van der Waals surface area (Å²) < 4.78 is 11.4. The summed E-state index contributed by atoms with van der Waals surface area (Å²) in [5, 5.41) is 0. The molecule has 2 aliphatic rings. The van der Waals surface area contributed by atoms with E-state index in [-0.39, 0.29) is 29.9 Å². The lowest BCUT2D eigenvalue weighted by Crippen LogP contribution is -2.49. The van der Waals surface area contributed by atoms with Crippen LogP contribution in [0.4, 0.5) is 4.79 Å². The van der Waals surface area contributed by atoms with Crippen LogP contribution in [0.15, 0.2) is 54.6 Å². The number of amides is 1. The summed E-state index contributed by atoms with van der Waals surface area (Å²) in [5.74, 6) is 0.864. The Balaban J connectivity index is 1.36. The predicted octanol–water partition coefficient (Wildman–Crippen LogP) is 5.63. The van der Waals surface area contributed by atoms with Crippen LogP contribution in [0.3, 0.4) is 0 Å². The van der Waals surface area contributed by atoms with Crippen LogP contribution >= 0.6 is 0 Å². The highest BCUT2D eigenvalue weighted by Gasteiger charge is 2.46. The number of ketones is 1. The maximum Gasteiger partial charge on any atom is 0.410 e. The Labute approximate surface area is 184 Å². The molecule has 0 spiro atoms. The van der Waals surface area contributed by atoms with E-state index in [4.69, 9.17) is 9.47 Å². The van der Waals surface area contributed by atoms with Gasteiger partial charge in [0, 0.05) is 23.6 Å². The van der Waals surface area contributed by atoms with Crippen molar-refractivity contribution < 1.29 is 19.1 Å². The number of benzene rings is 2. The maximum absolute atomic E-state index is 13.1. The number of carbonyl (C=O) groups excluding carboxylic acids is 2. The second-order valence-corrected chi connectivity index (χ2v) is 9.60. The number of ether oxygens (including phenoxy) is 2. The monoisotopic (exact) mass is 421 g/mol. The third-order valence-electron chi connectivity index (χ3n) is 6.10. The van der Waals surface area contributed by atoms with Gasteiger partial charge in [-0.25, -0.2) is 4.79 Å². The minimum atomic E-state index is -0.506. The van der Waals surface area contributed by atoms with Crippen LogP contribution in [0.5, 0.6) is 5.75 Å². The van der Waals surface area contributed by atoms with Crippen molar-refractivity contribution in [3.63, 3.8) is 0 Å². The van der Waals surface area contributed by atoms with E-state index in [1.165, 1.54) is 0 Å². The van der Waals surface area contributed by atoms with Gasteiger partial charge < -0.3 is 14.4 Å². The average molecular weight is 422 g/mol. The van der Waals surface area contributed by atoms with Crippen LogP contribution < -0.4 is 4.74 Å². The third kappa shape index (κ3) is 5.09. The summed E-state index contributed by atoms with van der Waals surface area (Å²) in [7, 11) is 0. The van der Waals surface area contributed by atoms with Gasteiger partial charge in [-0.05, 0) is 76.3 Å². The number of carbonyl (C=O) groups is 2. The second kappa shape index (κ2) is 8.74. The van der Waals surface area contributed by atoms with Gasteiger partial charge >= 0.3 is 6.09 Å². The van der Waals surface area contributed by atoms with Gasteiger partial charge in [-0.1, -0.05) is 30.3 Å². The number of piperidine rings is 1. The lowest BCUT2D eigenvalue weighted by atomic mass is 9.85. The second-order valence-electron chi connectivity index (χ2n) is 9.60. The fourth-order valence-electron chi connectivity index (χ4n) is 4.70. The van der Waals surface area contributed by atoms with Gasteiger partial charge in [0.25, 0.3) is 0 Å². The number of nitrogens with zero attached hydrogens (tertiary/aromatic N) is 1. The average Bonchev–Trinajstić information content (AvgIpc) is 3.01. The Morgan fingerprint density at radius 2 is 1.55 bits per heavy atom. The van der Waals surface area contributed by atoms with Gasteiger partial charge in [0.1, 0.15) is 18.0 Å². The zero-order valence-electron chi connectivity index (χ0n) is 18.5. The minimum Gasteiger partial charge on any atom is -0.489 e. The van der Waals surface area contributed by atoms with Crippen molar-refractivity contribution in [1.82, 2.24) is 4.90 Å². The molecular formula is C26H31NO4. The van der Waals surface area contributed by atoms with Crippen molar-refractivity contribution in [2.24, 2.45) is 5.92 Å². The molecule has 2 atom stereocenters. The van der Waals surface area contributed by atoms with Crippen molar-refractivity contribution >= 4 is 11.9 Å². The number of fused-ring (bicyclic) bond motifs is 2. The molecule has 2 aromatic carbocycles. The van der Waals surface area contributed by atoms with Crippen LogP contribution in [0.25, 0.3) is 0 Å². The molecule has 0 aliphatic carbocycles. The third-order valence-corrected chi connectivity index (χ3v) is 6.10. The molecule has 2 aromatic rings. The fraction of sp³-hybridized carbons (Fsp3) is 0.462. The Morgan fingerprint density at radius 3 is 2.13 bits per heavy atom. The SMILES string of the molecule is CC(C)(C)OC(=O)N1C2CCC1CC(C(=O)c1ccc(OCc3ccccc3)cc1)C2. The van der Waals surface area contributed by atoms with Gasteiger partial charge in [0.2, 0.25) is 0 Å². The quantitative estimate of drug-likeness (QED) is 0.588. The highest BCUT2D eigenvalue weighted by atomic mass is 16.6. The molecule has 0 N–H and O–H groups in total. The molecular weight excluding hydrogens is 390 g/mol. The van der Waals surface area contributed by atoms with E-state index < -0.39 is 5.60 Å². The maximum atomic E-state index is 13.1. The number of hydrogen-bond acceptors (Lipinski definition) is 4. The van der Waals surface area contributed by atoms with E-state index in [9.17, 15) is 9.59 Å². The topological polar surface area (TPSA) is 55.8 Å². The molecule has 5 nitrogen and oxygen atoms in total. The van der Waals surface area contributed by atoms with Crippen LogP contribution in [-0.4, -0.2) is 34.5 Å². The zero-order chi connectivity index (χ0) is 22.0. The fourth-order valence-corrected chi connectivity index (χ4v) is 4.70. The number of Topliss-reactive ketones (excluding diaryl/α,β-unsaturated/α-hetero) is 1. The molecule has 2 unspecified atom stereocenters. The Bertz CT molecular complexity index is 903. The molecule has 0 radical (unpaired) electrons. The lowest BCUT2D eigenvalue weighted by molar-refractivity contribution is 0.00254. The zero-order valence-corrected chi connectivity index (χ0v) is 18.5. The normalized spacial score (nSPS) is 22.8. The summed E-state index contributed by atoms with van der Waals surface area (Å²) in [5.41, 5.74) is 1.31.